The number of fused-ring (bicyclic) bond motifs is 2. The van der Waals surface area contributed by atoms with Crippen LogP contribution in [0.4, 0.5) is 0 Å². The van der Waals surface area contributed by atoms with Crippen molar-refractivity contribution < 1.29 is 14.6 Å². The number of carbonyl (C=O) groups is 1. The lowest BCUT2D eigenvalue weighted by atomic mass is 9.77. The maximum absolute atomic E-state index is 12.4. The van der Waals surface area contributed by atoms with Crippen LogP contribution in [0.15, 0.2) is 48.5 Å². The van der Waals surface area contributed by atoms with Gasteiger partial charge < -0.3 is 9.84 Å². The van der Waals surface area contributed by atoms with Crippen LogP contribution in [0.3, 0.4) is 0 Å². The van der Waals surface area contributed by atoms with Gasteiger partial charge in [-0.15, -0.1) is 0 Å². The van der Waals surface area contributed by atoms with Crippen LogP contribution in [-0.2, 0) is 22.4 Å². The van der Waals surface area contributed by atoms with E-state index in [1.807, 2.05) is 32.9 Å². The molecule has 0 fully saturated rings. The maximum Gasteiger partial charge on any atom is 0.306 e. The Bertz CT molecular complexity index is 726. The predicted octanol–water partition coefficient (Wildman–Crippen LogP) is 4.26. The van der Waals surface area contributed by atoms with Crippen LogP contribution in [0.2, 0.25) is 0 Å². The molecule has 0 saturated carbocycles. The molecule has 3 heteroatoms. The average Bonchev–Trinajstić information content (AvgIpc) is 2.75. The Labute approximate surface area is 156 Å². The molecule has 0 heterocycles. The van der Waals surface area contributed by atoms with E-state index in [1.54, 1.807) is 0 Å². The second-order valence-electron chi connectivity index (χ2n) is 8.11. The number of ether oxygens (including phenoxy) is 1. The van der Waals surface area contributed by atoms with Gasteiger partial charge in [0.15, 0.2) is 0 Å². The lowest BCUT2D eigenvalue weighted by Crippen LogP contribution is -2.28. The summed E-state index contributed by atoms with van der Waals surface area (Å²) < 4.78 is 5.52. The summed E-state index contributed by atoms with van der Waals surface area (Å²) in [7, 11) is 0. The fourth-order valence-corrected chi connectivity index (χ4v) is 3.96. The van der Waals surface area contributed by atoms with Gasteiger partial charge in [0.05, 0.1) is 6.42 Å². The topological polar surface area (TPSA) is 46.5 Å². The van der Waals surface area contributed by atoms with Crippen molar-refractivity contribution in [2.24, 2.45) is 5.92 Å². The zero-order chi connectivity index (χ0) is 18.7. The highest BCUT2D eigenvalue weighted by Crippen LogP contribution is 2.40. The van der Waals surface area contributed by atoms with E-state index in [0.29, 0.717) is 0 Å². The molecule has 3 nitrogen and oxygen atoms in total. The summed E-state index contributed by atoms with van der Waals surface area (Å²) in [5, 5.41) is 10.2. The molecule has 1 N–H and O–H groups in total. The molecule has 2 aromatic carbocycles. The Hall–Kier alpha value is -2.13. The number of hydrogen-bond donors (Lipinski definition) is 1. The predicted molar refractivity (Wildman–Crippen MR) is 103 cm³/mol. The number of carbonyl (C=O) groups excluding carboxylic acids is 1. The van der Waals surface area contributed by atoms with Gasteiger partial charge in [-0.05, 0) is 55.9 Å². The fourth-order valence-electron chi connectivity index (χ4n) is 3.96. The first-order valence-corrected chi connectivity index (χ1v) is 9.37. The Morgan fingerprint density at radius 2 is 1.54 bits per heavy atom. The quantitative estimate of drug-likeness (QED) is 0.837. The molecule has 0 bridgehead atoms. The molecule has 0 saturated heterocycles. The van der Waals surface area contributed by atoms with Gasteiger partial charge in [-0.3, -0.25) is 4.79 Å². The van der Waals surface area contributed by atoms with Crippen molar-refractivity contribution in [3.05, 3.63) is 70.8 Å². The zero-order valence-corrected chi connectivity index (χ0v) is 15.9. The van der Waals surface area contributed by atoms with Crippen molar-refractivity contribution in [3.8, 4) is 0 Å². The monoisotopic (exact) mass is 352 g/mol. The van der Waals surface area contributed by atoms with Gasteiger partial charge in [-0.1, -0.05) is 48.5 Å². The minimum atomic E-state index is -0.518. The number of rotatable bonds is 4. The average molecular weight is 352 g/mol. The minimum Gasteiger partial charge on any atom is -0.460 e. The number of benzene rings is 2. The Morgan fingerprint density at radius 3 is 2.00 bits per heavy atom. The number of aliphatic hydroxyl groups is 1. The van der Waals surface area contributed by atoms with E-state index in [-0.39, 0.29) is 30.8 Å². The van der Waals surface area contributed by atoms with Gasteiger partial charge in [0.25, 0.3) is 0 Å². The summed E-state index contributed by atoms with van der Waals surface area (Å²) in [6, 6.07) is 16.8. The van der Waals surface area contributed by atoms with E-state index in [9.17, 15) is 9.90 Å². The molecule has 1 atom stereocenters. The van der Waals surface area contributed by atoms with Crippen LogP contribution >= 0.6 is 0 Å². The van der Waals surface area contributed by atoms with Gasteiger partial charge in [-0.2, -0.15) is 0 Å². The molecule has 138 valence electrons. The van der Waals surface area contributed by atoms with Gasteiger partial charge in [0, 0.05) is 18.4 Å². The molecule has 0 radical (unpaired) electrons. The first kappa shape index (κ1) is 18.7. The minimum absolute atomic E-state index is 0.00224. The lowest BCUT2D eigenvalue weighted by Gasteiger charge is -2.29. The van der Waals surface area contributed by atoms with Crippen LogP contribution in [0.25, 0.3) is 0 Å². The van der Waals surface area contributed by atoms with Crippen LogP contribution in [0.5, 0.6) is 0 Å². The SMILES string of the molecule is CC(C)(C)OC(=O)CC(CO)C1c2ccccc2CCc2ccccc21. The molecule has 2 aromatic rings. The van der Waals surface area contributed by atoms with Crippen molar-refractivity contribution in [2.45, 2.75) is 51.6 Å². The molecule has 3 rings (SSSR count). The molecular weight excluding hydrogens is 324 g/mol. The van der Waals surface area contributed by atoms with Gasteiger partial charge in [-0.25, -0.2) is 0 Å². The van der Waals surface area contributed by atoms with Crippen molar-refractivity contribution in [3.63, 3.8) is 0 Å². The highest BCUT2D eigenvalue weighted by molar-refractivity contribution is 5.70. The smallest absolute Gasteiger partial charge is 0.306 e. The van der Waals surface area contributed by atoms with Crippen LogP contribution in [0, 0.1) is 5.92 Å². The first-order valence-electron chi connectivity index (χ1n) is 9.37. The third kappa shape index (κ3) is 4.16. The molecule has 0 aliphatic heterocycles. The Kier molecular flexibility index (Phi) is 5.47. The lowest BCUT2D eigenvalue weighted by molar-refractivity contribution is -0.156. The van der Waals surface area contributed by atoms with Crippen molar-refractivity contribution in [1.82, 2.24) is 0 Å². The summed E-state index contributed by atoms with van der Waals surface area (Å²) in [4.78, 5) is 12.4. The number of aryl methyl sites for hydroxylation is 2. The van der Waals surface area contributed by atoms with E-state index in [0.717, 1.165) is 12.8 Å². The number of esters is 1. The molecule has 0 spiro atoms. The Balaban J connectivity index is 1.99. The molecule has 0 aromatic heterocycles. The fraction of sp³-hybridized carbons (Fsp3) is 0.435. The highest BCUT2D eigenvalue weighted by atomic mass is 16.6. The molecule has 0 amide bonds. The second kappa shape index (κ2) is 7.63. The van der Waals surface area contributed by atoms with Crippen LogP contribution < -0.4 is 0 Å². The third-order valence-corrected chi connectivity index (χ3v) is 5.00. The normalized spacial score (nSPS) is 15.5. The van der Waals surface area contributed by atoms with Crippen molar-refractivity contribution >= 4 is 5.97 Å². The number of hydrogen-bond acceptors (Lipinski definition) is 3. The number of aliphatic hydroxyl groups excluding tert-OH is 1. The van der Waals surface area contributed by atoms with E-state index in [1.165, 1.54) is 22.3 Å². The summed E-state index contributed by atoms with van der Waals surface area (Å²) >= 11 is 0. The molecule has 1 aliphatic rings. The molecule has 1 aliphatic carbocycles. The molecule has 26 heavy (non-hydrogen) atoms. The maximum atomic E-state index is 12.4. The van der Waals surface area contributed by atoms with E-state index in [2.05, 4.69) is 36.4 Å². The van der Waals surface area contributed by atoms with Crippen molar-refractivity contribution in [1.29, 1.82) is 0 Å². The highest BCUT2D eigenvalue weighted by Gasteiger charge is 2.32. The van der Waals surface area contributed by atoms with E-state index < -0.39 is 5.60 Å². The summed E-state index contributed by atoms with van der Waals surface area (Å²) in [6.45, 7) is 5.56. The van der Waals surface area contributed by atoms with E-state index in [4.69, 9.17) is 4.74 Å². The summed E-state index contributed by atoms with van der Waals surface area (Å²) in [5.41, 5.74) is 4.53. The van der Waals surface area contributed by atoms with E-state index >= 15 is 0 Å². The van der Waals surface area contributed by atoms with Crippen LogP contribution in [-0.4, -0.2) is 23.3 Å². The van der Waals surface area contributed by atoms with Crippen molar-refractivity contribution in [2.75, 3.05) is 6.61 Å². The largest absolute Gasteiger partial charge is 0.460 e. The molecular formula is C23H28O3. The summed E-state index contributed by atoms with van der Waals surface area (Å²) in [5.74, 6) is -0.455. The first-order chi connectivity index (χ1) is 12.4. The third-order valence-electron chi connectivity index (χ3n) is 5.00. The Morgan fingerprint density at radius 1 is 1.04 bits per heavy atom. The van der Waals surface area contributed by atoms with Crippen LogP contribution in [0.1, 0.15) is 55.4 Å². The zero-order valence-electron chi connectivity index (χ0n) is 15.9. The standard InChI is InChI=1S/C23H28O3/c1-23(2,3)26-21(25)14-18(15-24)22-19-10-6-4-8-16(19)12-13-17-9-5-7-11-20(17)22/h4-11,18,22,24H,12-15H2,1-3H3. The molecule has 1 unspecified atom stereocenters. The second-order valence-corrected chi connectivity index (χ2v) is 8.11. The van der Waals surface area contributed by atoms with Gasteiger partial charge in [0.1, 0.15) is 5.60 Å². The summed E-state index contributed by atoms with van der Waals surface area (Å²) in [6.07, 6.45) is 2.17. The van der Waals surface area contributed by atoms with Gasteiger partial charge >= 0.3 is 5.97 Å². The van der Waals surface area contributed by atoms with Gasteiger partial charge in [0.2, 0.25) is 0 Å².